The van der Waals surface area contributed by atoms with Crippen LogP contribution in [0.4, 0.5) is 0 Å². The first-order chi connectivity index (χ1) is 8.51. The number of benzene rings is 1. The Bertz CT molecular complexity index is 400. The van der Waals surface area contributed by atoms with E-state index in [2.05, 4.69) is 29.8 Å². The molecule has 1 aromatic rings. The number of hydrogen-bond acceptors (Lipinski definition) is 1. The quantitative estimate of drug-likeness (QED) is 0.637. The van der Waals surface area contributed by atoms with Crippen molar-refractivity contribution in [2.24, 2.45) is 5.92 Å². The summed E-state index contributed by atoms with van der Waals surface area (Å²) in [5.41, 5.74) is 3.10. The smallest absolute Gasteiger partial charge is 0.166 e. The van der Waals surface area contributed by atoms with Crippen molar-refractivity contribution in [1.29, 1.82) is 0 Å². The van der Waals surface area contributed by atoms with Crippen LogP contribution < -0.4 is 0 Å². The van der Waals surface area contributed by atoms with Crippen molar-refractivity contribution in [2.75, 3.05) is 0 Å². The summed E-state index contributed by atoms with van der Waals surface area (Å²) in [7, 11) is 0. The molecular weight excluding hydrogens is 288 g/mol. The zero-order valence-electron chi connectivity index (χ0n) is 11.8. The third kappa shape index (κ3) is 3.68. The van der Waals surface area contributed by atoms with Gasteiger partial charge in [-0.15, -0.1) is 0 Å². The summed E-state index contributed by atoms with van der Waals surface area (Å²) in [4.78, 5) is 12.6. The molecule has 0 saturated heterocycles. The summed E-state index contributed by atoms with van der Waals surface area (Å²) in [6, 6.07) is 4.07. The van der Waals surface area contributed by atoms with Gasteiger partial charge in [0.1, 0.15) is 0 Å². The van der Waals surface area contributed by atoms with E-state index < -0.39 is 0 Å². The van der Waals surface area contributed by atoms with Crippen LogP contribution in [0.1, 0.15) is 61.0 Å². The zero-order chi connectivity index (χ0) is 13.7. The van der Waals surface area contributed by atoms with Crippen LogP contribution in [-0.2, 0) is 0 Å². The van der Waals surface area contributed by atoms with Crippen molar-refractivity contribution in [3.05, 3.63) is 33.3 Å². The van der Waals surface area contributed by atoms with E-state index in [9.17, 15) is 4.79 Å². The second-order valence-corrected chi connectivity index (χ2v) is 5.94. The molecule has 1 rings (SSSR count). The largest absolute Gasteiger partial charge is 0.294 e. The number of carbonyl (C=O) groups excluding carboxylic acids is 1. The lowest BCUT2D eigenvalue weighted by atomic mass is 9.87. The minimum Gasteiger partial charge on any atom is -0.294 e. The Morgan fingerprint density at radius 3 is 2.22 bits per heavy atom. The molecule has 0 spiro atoms. The van der Waals surface area contributed by atoms with Crippen LogP contribution in [0.5, 0.6) is 0 Å². The Labute approximate surface area is 119 Å². The van der Waals surface area contributed by atoms with Crippen LogP contribution in [0, 0.1) is 19.8 Å². The Kier molecular flexibility index (Phi) is 6.07. The average molecular weight is 311 g/mol. The number of halogens is 1. The lowest BCUT2D eigenvalue weighted by Crippen LogP contribution is -2.16. The van der Waals surface area contributed by atoms with Crippen LogP contribution in [-0.4, -0.2) is 5.78 Å². The van der Waals surface area contributed by atoms with Crippen molar-refractivity contribution < 1.29 is 4.79 Å². The molecule has 0 aliphatic heterocycles. The molecular formula is C16H23BrO. The summed E-state index contributed by atoms with van der Waals surface area (Å²) in [6.45, 7) is 8.34. The Morgan fingerprint density at radius 1 is 1.22 bits per heavy atom. The molecule has 0 fully saturated rings. The van der Waals surface area contributed by atoms with E-state index >= 15 is 0 Å². The van der Waals surface area contributed by atoms with Crippen LogP contribution in [0.15, 0.2) is 16.6 Å². The highest BCUT2D eigenvalue weighted by Gasteiger charge is 2.21. The molecule has 0 heterocycles. The molecule has 0 aromatic heterocycles. The van der Waals surface area contributed by atoms with Gasteiger partial charge in [0.05, 0.1) is 0 Å². The van der Waals surface area contributed by atoms with Crippen LogP contribution in [0.2, 0.25) is 0 Å². The first-order valence-electron chi connectivity index (χ1n) is 6.82. The standard InChI is InChI=1S/C16H23BrO/c1-5-7-8-13(6-2)16(18)15-11(3)9-14(17)10-12(15)4/h9-10,13H,5-8H2,1-4H3. The minimum absolute atomic E-state index is 0.184. The first kappa shape index (κ1) is 15.4. The molecule has 0 aliphatic rings. The molecule has 100 valence electrons. The van der Waals surface area contributed by atoms with E-state index in [0.717, 1.165) is 46.8 Å². The van der Waals surface area contributed by atoms with Gasteiger partial charge in [0, 0.05) is 16.0 Å². The van der Waals surface area contributed by atoms with E-state index in [1.165, 1.54) is 0 Å². The Hall–Kier alpha value is -0.630. The number of Topliss-reactive ketones (excluding diaryl/α,β-unsaturated/α-hetero) is 1. The number of hydrogen-bond donors (Lipinski definition) is 0. The van der Waals surface area contributed by atoms with Crippen molar-refractivity contribution in [1.82, 2.24) is 0 Å². The second-order valence-electron chi connectivity index (χ2n) is 5.03. The van der Waals surface area contributed by atoms with Crippen molar-refractivity contribution in [2.45, 2.75) is 53.4 Å². The molecule has 2 heteroatoms. The van der Waals surface area contributed by atoms with Crippen molar-refractivity contribution in [3.8, 4) is 0 Å². The summed E-state index contributed by atoms with van der Waals surface area (Å²) in [5, 5.41) is 0. The van der Waals surface area contributed by atoms with E-state index in [4.69, 9.17) is 0 Å². The van der Waals surface area contributed by atoms with Gasteiger partial charge in [-0.05, 0) is 49.9 Å². The van der Waals surface area contributed by atoms with Crippen LogP contribution in [0.3, 0.4) is 0 Å². The maximum absolute atomic E-state index is 12.6. The van der Waals surface area contributed by atoms with Gasteiger partial charge in [-0.25, -0.2) is 0 Å². The van der Waals surface area contributed by atoms with E-state index in [-0.39, 0.29) is 5.92 Å². The lowest BCUT2D eigenvalue weighted by Gasteiger charge is -2.17. The van der Waals surface area contributed by atoms with E-state index in [1.54, 1.807) is 0 Å². The third-order valence-electron chi connectivity index (χ3n) is 3.51. The molecule has 1 nitrogen and oxygen atoms in total. The summed E-state index contributed by atoms with van der Waals surface area (Å²) >= 11 is 3.48. The maximum Gasteiger partial charge on any atom is 0.166 e. The minimum atomic E-state index is 0.184. The predicted molar refractivity (Wildman–Crippen MR) is 81.3 cm³/mol. The Morgan fingerprint density at radius 2 is 1.78 bits per heavy atom. The summed E-state index contributed by atoms with van der Waals surface area (Å²) in [5.74, 6) is 0.511. The zero-order valence-corrected chi connectivity index (χ0v) is 13.4. The number of aryl methyl sites for hydroxylation is 2. The highest BCUT2D eigenvalue weighted by Crippen LogP contribution is 2.26. The highest BCUT2D eigenvalue weighted by atomic mass is 79.9. The fourth-order valence-corrected chi connectivity index (χ4v) is 3.16. The molecule has 18 heavy (non-hydrogen) atoms. The maximum atomic E-state index is 12.6. The average Bonchev–Trinajstić information content (AvgIpc) is 2.28. The molecule has 0 amide bonds. The number of carbonyl (C=O) groups is 1. The molecule has 0 saturated carbocycles. The lowest BCUT2D eigenvalue weighted by molar-refractivity contribution is 0.0907. The number of ketones is 1. The fourth-order valence-electron chi connectivity index (χ4n) is 2.47. The second kappa shape index (κ2) is 7.08. The summed E-state index contributed by atoms with van der Waals surface area (Å²) in [6.07, 6.45) is 4.25. The molecule has 0 bridgehead atoms. The van der Waals surface area contributed by atoms with Gasteiger partial charge in [0.25, 0.3) is 0 Å². The van der Waals surface area contributed by atoms with Gasteiger partial charge < -0.3 is 0 Å². The molecule has 1 unspecified atom stereocenters. The molecule has 1 aromatic carbocycles. The Balaban J connectivity index is 3.01. The van der Waals surface area contributed by atoms with Crippen LogP contribution in [0.25, 0.3) is 0 Å². The van der Waals surface area contributed by atoms with Crippen molar-refractivity contribution >= 4 is 21.7 Å². The van der Waals surface area contributed by atoms with Gasteiger partial charge in [0.2, 0.25) is 0 Å². The van der Waals surface area contributed by atoms with Gasteiger partial charge in [-0.3, -0.25) is 4.79 Å². The van der Waals surface area contributed by atoms with Crippen molar-refractivity contribution in [3.63, 3.8) is 0 Å². The van der Waals surface area contributed by atoms with Gasteiger partial charge in [0.15, 0.2) is 5.78 Å². The monoisotopic (exact) mass is 310 g/mol. The van der Waals surface area contributed by atoms with Gasteiger partial charge in [-0.2, -0.15) is 0 Å². The number of rotatable bonds is 6. The van der Waals surface area contributed by atoms with Gasteiger partial charge >= 0.3 is 0 Å². The summed E-state index contributed by atoms with van der Waals surface area (Å²) < 4.78 is 1.05. The normalized spacial score (nSPS) is 12.5. The first-order valence-corrected chi connectivity index (χ1v) is 7.61. The SMILES string of the molecule is CCCCC(CC)C(=O)c1c(C)cc(Br)cc1C. The predicted octanol–water partition coefficient (Wildman–Crippen LogP) is 5.47. The molecule has 0 radical (unpaired) electrons. The van der Waals surface area contributed by atoms with E-state index in [1.807, 2.05) is 26.0 Å². The number of unbranched alkanes of at least 4 members (excludes halogenated alkanes) is 1. The highest BCUT2D eigenvalue weighted by molar-refractivity contribution is 9.10. The molecule has 0 aliphatic carbocycles. The third-order valence-corrected chi connectivity index (χ3v) is 3.97. The fraction of sp³-hybridized carbons (Fsp3) is 0.562. The molecule has 1 atom stereocenters. The van der Waals surface area contributed by atoms with E-state index in [0.29, 0.717) is 5.78 Å². The molecule has 0 N–H and O–H groups in total. The topological polar surface area (TPSA) is 17.1 Å². The van der Waals surface area contributed by atoms with Crippen LogP contribution >= 0.6 is 15.9 Å². The van der Waals surface area contributed by atoms with Gasteiger partial charge in [-0.1, -0.05) is 42.6 Å².